The second-order valence-corrected chi connectivity index (χ2v) is 4.99. The molecular weight excluding hydrogens is 275 g/mol. The van der Waals surface area contributed by atoms with Crippen molar-refractivity contribution in [2.24, 2.45) is 5.92 Å². The maximum Gasteiger partial charge on any atom is 0.183 e. The normalized spacial score (nSPS) is 17.0. The van der Waals surface area contributed by atoms with Gasteiger partial charge in [-0.1, -0.05) is 29.3 Å². The predicted molar refractivity (Wildman–Crippen MR) is 68.1 cm³/mol. The smallest absolute Gasteiger partial charge is 0.183 e. The lowest BCUT2D eigenvalue weighted by Crippen LogP contribution is -2.35. The van der Waals surface area contributed by atoms with Crippen LogP contribution in [0.5, 0.6) is 0 Å². The maximum absolute atomic E-state index is 12.3. The molecule has 0 N–H and O–H groups in total. The minimum Gasteiger partial charge on any atom is -0.298 e. The molecule has 0 saturated heterocycles. The highest BCUT2D eigenvalue weighted by atomic mass is 35.5. The summed E-state index contributed by atoms with van der Waals surface area (Å²) in [6, 6.07) is 4.63. The third kappa shape index (κ3) is 2.33. The molecule has 0 aromatic heterocycles. The van der Waals surface area contributed by atoms with Gasteiger partial charge in [0.15, 0.2) is 17.3 Å². The van der Waals surface area contributed by atoms with E-state index in [0.29, 0.717) is 6.42 Å². The van der Waals surface area contributed by atoms with Gasteiger partial charge < -0.3 is 0 Å². The summed E-state index contributed by atoms with van der Waals surface area (Å²) >= 11 is 11.8. The molecule has 5 heteroatoms. The summed E-state index contributed by atoms with van der Waals surface area (Å²) in [5.74, 6) is -2.49. The van der Waals surface area contributed by atoms with Crippen molar-refractivity contribution in [2.75, 3.05) is 0 Å². The molecule has 0 bridgehead atoms. The number of hydrogen-bond donors (Lipinski definition) is 0. The van der Waals surface area contributed by atoms with Gasteiger partial charge in [0, 0.05) is 12.8 Å². The van der Waals surface area contributed by atoms with Crippen LogP contribution in [0.1, 0.15) is 29.6 Å². The third-order valence-corrected chi connectivity index (χ3v) is 3.59. The average Bonchev–Trinajstić information content (AvgIpc) is 2.28. The van der Waals surface area contributed by atoms with E-state index < -0.39 is 11.7 Å². The lowest BCUT2D eigenvalue weighted by molar-refractivity contribution is -0.133. The summed E-state index contributed by atoms with van der Waals surface area (Å²) in [7, 11) is 0. The van der Waals surface area contributed by atoms with Crippen LogP contribution in [0.15, 0.2) is 18.2 Å². The zero-order valence-electron chi connectivity index (χ0n) is 9.41. The second kappa shape index (κ2) is 5.21. The molecule has 94 valence electrons. The Morgan fingerprint density at radius 1 is 1.06 bits per heavy atom. The molecule has 0 radical (unpaired) electrons. The molecule has 0 aliphatic heterocycles. The van der Waals surface area contributed by atoms with Gasteiger partial charge in [-0.25, -0.2) is 0 Å². The number of carbonyl (C=O) groups excluding carboxylic acids is 3. The first kappa shape index (κ1) is 13.2. The van der Waals surface area contributed by atoms with Crippen LogP contribution < -0.4 is 0 Å². The minimum atomic E-state index is -1.23. The third-order valence-electron chi connectivity index (χ3n) is 2.96. The molecule has 18 heavy (non-hydrogen) atoms. The van der Waals surface area contributed by atoms with Crippen LogP contribution in [-0.4, -0.2) is 17.3 Å². The quantitative estimate of drug-likeness (QED) is 0.619. The van der Waals surface area contributed by atoms with Crippen molar-refractivity contribution in [3.63, 3.8) is 0 Å². The van der Waals surface area contributed by atoms with Gasteiger partial charge in [0.05, 0.1) is 15.6 Å². The van der Waals surface area contributed by atoms with E-state index >= 15 is 0 Å². The van der Waals surface area contributed by atoms with Crippen molar-refractivity contribution < 1.29 is 14.4 Å². The van der Waals surface area contributed by atoms with Crippen molar-refractivity contribution in [2.45, 2.75) is 19.3 Å². The Labute approximate surface area is 114 Å². The van der Waals surface area contributed by atoms with Crippen molar-refractivity contribution in [1.29, 1.82) is 0 Å². The van der Waals surface area contributed by atoms with Gasteiger partial charge in [0.1, 0.15) is 5.92 Å². The Kier molecular flexibility index (Phi) is 3.83. The summed E-state index contributed by atoms with van der Waals surface area (Å²) in [5.41, 5.74) is 0.0643. The van der Waals surface area contributed by atoms with Crippen molar-refractivity contribution in [3.8, 4) is 0 Å². The predicted octanol–water partition coefficient (Wildman–Crippen LogP) is 3.11. The molecule has 0 atom stereocenters. The zero-order valence-corrected chi connectivity index (χ0v) is 10.9. The molecule has 1 aromatic rings. The Balaban J connectivity index is 2.42. The summed E-state index contributed by atoms with van der Waals surface area (Å²) in [4.78, 5) is 35.7. The molecule has 0 heterocycles. The standard InChI is InChI=1S/C13H10Cl2O3/c14-7-3-1-4-8(15)11(7)13(18)12-9(16)5-2-6-10(12)17/h1,3-4,12H,2,5-6H2. The van der Waals surface area contributed by atoms with Crippen LogP contribution in [0.2, 0.25) is 10.0 Å². The van der Waals surface area contributed by atoms with Gasteiger partial charge in [-0.05, 0) is 18.6 Å². The van der Waals surface area contributed by atoms with E-state index in [2.05, 4.69) is 0 Å². The van der Waals surface area contributed by atoms with E-state index in [-0.39, 0.29) is 40.0 Å². The molecule has 0 amide bonds. The Morgan fingerprint density at radius 2 is 1.56 bits per heavy atom. The second-order valence-electron chi connectivity index (χ2n) is 4.18. The molecule has 0 spiro atoms. The van der Waals surface area contributed by atoms with E-state index in [1.165, 1.54) is 12.1 Å². The highest BCUT2D eigenvalue weighted by molar-refractivity contribution is 6.42. The number of rotatable bonds is 2. The first-order chi connectivity index (χ1) is 8.52. The molecule has 1 aliphatic carbocycles. The van der Waals surface area contributed by atoms with E-state index in [0.717, 1.165) is 0 Å². The van der Waals surface area contributed by atoms with E-state index in [9.17, 15) is 14.4 Å². The Bertz CT molecular complexity index is 501. The van der Waals surface area contributed by atoms with Crippen molar-refractivity contribution in [1.82, 2.24) is 0 Å². The van der Waals surface area contributed by atoms with Crippen LogP contribution in [-0.2, 0) is 9.59 Å². The first-order valence-corrected chi connectivity index (χ1v) is 6.31. The number of benzene rings is 1. The molecule has 1 aromatic carbocycles. The first-order valence-electron chi connectivity index (χ1n) is 5.56. The SMILES string of the molecule is O=C1CCCC(=O)C1C(=O)c1c(Cl)cccc1Cl. The van der Waals surface area contributed by atoms with E-state index in [4.69, 9.17) is 23.2 Å². The van der Waals surface area contributed by atoms with Gasteiger partial charge in [-0.2, -0.15) is 0 Å². The number of halogens is 2. The van der Waals surface area contributed by atoms with Gasteiger partial charge in [0.2, 0.25) is 0 Å². The Hall–Kier alpha value is -1.19. The largest absolute Gasteiger partial charge is 0.298 e. The molecule has 0 unspecified atom stereocenters. The topological polar surface area (TPSA) is 51.2 Å². The highest BCUT2D eigenvalue weighted by Crippen LogP contribution is 2.30. The van der Waals surface area contributed by atoms with E-state index in [1.54, 1.807) is 6.07 Å². The lowest BCUT2D eigenvalue weighted by Gasteiger charge is -2.19. The fourth-order valence-corrected chi connectivity index (χ4v) is 2.66. The molecule has 1 fully saturated rings. The Morgan fingerprint density at radius 3 is 2.06 bits per heavy atom. The zero-order chi connectivity index (χ0) is 13.3. The lowest BCUT2D eigenvalue weighted by atomic mass is 9.81. The van der Waals surface area contributed by atoms with Gasteiger partial charge in [-0.15, -0.1) is 0 Å². The highest BCUT2D eigenvalue weighted by Gasteiger charge is 2.37. The van der Waals surface area contributed by atoms with Crippen LogP contribution in [0.3, 0.4) is 0 Å². The van der Waals surface area contributed by atoms with Gasteiger partial charge >= 0.3 is 0 Å². The average molecular weight is 285 g/mol. The minimum absolute atomic E-state index is 0.0643. The molecule has 1 saturated carbocycles. The maximum atomic E-state index is 12.3. The van der Waals surface area contributed by atoms with Crippen LogP contribution in [0.4, 0.5) is 0 Å². The number of hydrogen-bond acceptors (Lipinski definition) is 3. The van der Waals surface area contributed by atoms with Crippen molar-refractivity contribution >= 4 is 40.6 Å². The number of carbonyl (C=O) groups is 3. The molecule has 3 nitrogen and oxygen atoms in total. The van der Waals surface area contributed by atoms with Crippen molar-refractivity contribution in [3.05, 3.63) is 33.8 Å². The fraction of sp³-hybridized carbons (Fsp3) is 0.308. The summed E-state index contributed by atoms with van der Waals surface area (Å²) in [5, 5.41) is 0.331. The fourth-order valence-electron chi connectivity index (χ4n) is 2.08. The van der Waals surface area contributed by atoms with Gasteiger partial charge in [-0.3, -0.25) is 14.4 Å². The van der Waals surface area contributed by atoms with E-state index in [1.807, 2.05) is 0 Å². The van der Waals surface area contributed by atoms with Gasteiger partial charge in [0.25, 0.3) is 0 Å². The number of Topliss-reactive ketones (excluding diaryl/α,β-unsaturated/α-hetero) is 3. The summed E-state index contributed by atoms with van der Waals surface area (Å²) < 4.78 is 0. The van der Waals surface area contributed by atoms with Crippen LogP contribution in [0, 0.1) is 5.92 Å². The van der Waals surface area contributed by atoms with Crippen LogP contribution >= 0.6 is 23.2 Å². The number of ketones is 3. The summed E-state index contributed by atoms with van der Waals surface area (Å²) in [6.45, 7) is 0. The summed E-state index contributed by atoms with van der Waals surface area (Å²) in [6.07, 6.45) is 1.02. The molecule has 2 rings (SSSR count). The molecule has 1 aliphatic rings. The molecular formula is C13H10Cl2O3. The monoisotopic (exact) mass is 284 g/mol. The van der Waals surface area contributed by atoms with Crippen LogP contribution in [0.25, 0.3) is 0 Å².